The molecule has 0 aromatic carbocycles. The molecule has 2 aliphatic heterocycles. The Hall–Kier alpha value is -1.13. The molecule has 1 N–H and O–H groups in total. The minimum atomic E-state index is -0.844. The van der Waals surface area contributed by atoms with Crippen LogP contribution in [-0.2, 0) is 10.3 Å². The lowest BCUT2D eigenvalue weighted by molar-refractivity contribution is -0.116. The highest BCUT2D eigenvalue weighted by molar-refractivity contribution is 5.36. The van der Waals surface area contributed by atoms with Crippen LogP contribution in [-0.4, -0.2) is 29.4 Å². The molecule has 3 heterocycles. The number of hydrogen-bond donors (Lipinski definition) is 1. The number of aromatic nitrogens is 1. The van der Waals surface area contributed by atoms with Crippen LogP contribution in [0.5, 0.6) is 5.75 Å². The Bertz CT molecular complexity index is 409. The zero-order valence-electron chi connectivity index (χ0n) is 9.93. The van der Waals surface area contributed by atoms with Crippen molar-refractivity contribution in [1.29, 1.82) is 0 Å². The van der Waals surface area contributed by atoms with E-state index in [0.717, 1.165) is 18.4 Å². The van der Waals surface area contributed by atoms with Crippen LogP contribution in [0, 0.1) is 0 Å². The molecule has 92 valence electrons. The average molecular weight is 235 g/mol. The first-order valence-corrected chi connectivity index (χ1v) is 6.07. The van der Waals surface area contributed by atoms with Gasteiger partial charge in [-0.05, 0) is 18.9 Å². The van der Waals surface area contributed by atoms with E-state index in [1.54, 1.807) is 25.6 Å². The van der Waals surface area contributed by atoms with Crippen molar-refractivity contribution in [2.24, 2.45) is 0 Å². The number of fused-ring (bicyclic) bond motifs is 2. The lowest BCUT2D eigenvalue weighted by atomic mass is 9.84. The van der Waals surface area contributed by atoms with Crippen LogP contribution in [0.1, 0.15) is 31.2 Å². The molecule has 3 rings (SSSR count). The van der Waals surface area contributed by atoms with Crippen LogP contribution >= 0.6 is 0 Å². The maximum atomic E-state index is 10.8. The number of hydrogen-bond acceptors (Lipinski definition) is 4. The van der Waals surface area contributed by atoms with Gasteiger partial charge in [-0.2, -0.15) is 0 Å². The highest BCUT2D eigenvalue weighted by Gasteiger charge is 2.46. The molecular formula is C13H17NO3. The molecule has 1 aromatic rings. The molecule has 2 bridgehead atoms. The molecule has 2 atom stereocenters. The van der Waals surface area contributed by atoms with E-state index in [1.807, 2.05) is 0 Å². The van der Waals surface area contributed by atoms with E-state index in [-0.39, 0.29) is 12.2 Å². The quantitative estimate of drug-likeness (QED) is 0.846. The van der Waals surface area contributed by atoms with Crippen molar-refractivity contribution in [3.8, 4) is 5.75 Å². The Morgan fingerprint density at radius 1 is 1.41 bits per heavy atom. The van der Waals surface area contributed by atoms with Gasteiger partial charge in [0, 0.05) is 30.8 Å². The smallest absolute Gasteiger partial charge is 0.128 e. The molecule has 4 nitrogen and oxygen atoms in total. The van der Waals surface area contributed by atoms with E-state index >= 15 is 0 Å². The van der Waals surface area contributed by atoms with Gasteiger partial charge < -0.3 is 14.6 Å². The highest BCUT2D eigenvalue weighted by atomic mass is 16.5. The van der Waals surface area contributed by atoms with Gasteiger partial charge >= 0.3 is 0 Å². The second-order valence-corrected chi connectivity index (χ2v) is 4.97. The third-order valence-electron chi connectivity index (χ3n) is 3.83. The summed E-state index contributed by atoms with van der Waals surface area (Å²) in [5.74, 6) is 0.712. The predicted octanol–water partition coefficient (Wildman–Crippen LogP) is 1.62. The Balaban J connectivity index is 1.96. The molecule has 1 aromatic heterocycles. The van der Waals surface area contributed by atoms with Gasteiger partial charge in [0.15, 0.2) is 0 Å². The maximum Gasteiger partial charge on any atom is 0.128 e. The number of pyridine rings is 1. The molecule has 0 spiro atoms. The van der Waals surface area contributed by atoms with Crippen molar-refractivity contribution >= 4 is 0 Å². The van der Waals surface area contributed by atoms with E-state index < -0.39 is 5.60 Å². The number of rotatable bonds is 2. The molecule has 0 saturated carbocycles. The highest BCUT2D eigenvalue weighted by Crippen LogP contribution is 2.45. The summed E-state index contributed by atoms with van der Waals surface area (Å²) in [5, 5.41) is 10.8. The van der Waals surface area contributed by atoms with Gasteiger partial charge in [-0.25, -0.2) is 0 Å². The largest absolute Gasteiger partial charge is 0.496 e. The first kappa shape index (κ1) is 11.0. The van der Waals surface area contributed by atoms with Crippen LogP contribution in [0.15, 0.2) is 18.5 Å². The number of methoxy groups -OCH3 is 1. The van der Waals surface area contributed by atoms with E-state index in [1.165, 1.54) is 0 Å². The standard InChI is InChI=1S/C13H17NO3/c1-16-12-4-5-14-8-11(12)13(15)6-9-2-3-10(7-13)17-9/h4-5,8-10,15H,2-3,6-7H2,1H3. The van der Waals surface area contributed by atoms with Crippen LogP contribution < -0.4 is 4.74 Å². The van der Waals surface area contributed by atoms with Gasteiger partial charge in [-0.3, -0.25) is 4.98 Å². The minimum Gasteiger partial charge on any atom is -0.496 e. The van der Waals surface area contributed by atoms with Gasteiger partial charge in [-0.15, -0.1) is 0 Å². The number of nitrogens with zero attached hydrogens (tertiary/aromatic N) is 1. The van der Waals surface area contributed by atoms with E-state index in [0.29, 0.717) is 18.6 Å². The van der Waals surface area contributed by atoms with Crippen LogP contribution in [0.4, 0.5) is 0 Å². The summed E-state index contributed by atoms with van der Waals surface area (Å²) >= 11 is 0. The fourth-order valence-electron chi connectivity index (χ4n) is 3.05. The fourth-order valence-corrected chi connectivity index (χ4v) is 3.05. The number of aliphatic hydroxyl groups is 1. The lowest BCUT2D eigenvalue weighted by Crippen LogP contribution is -2.39. The first-order valence-electron chi connectivity index (χ1n) is 6.07. The van der Waals surface area contributed by atoms with Crippen molar-refractivity contribution in [2.75, 3.05) is 7.11 Å². The molecule has 2 fully saturated rings. The van der Waals surface area contributed by atoms with Gasteiger partial charge in [0.1, 0.15) is 5.75 Å². The topological polar surface area (TPSA) is 51.6 Å². The molecule has 2 aliphatic rings. The Morgan fingerprint density at radius 3 is 2.76 bits per heavy atom. The monoisotopic (exact) mass is 235 g/mol. The second-order valence-electron chi connectivity index (χ2n) is 4.97. The summed E-state index contributed by atoms with van der Waals surface area (Å²) < 4.78 is 11.1. The lowest BCUT2D eigenvalue weighted by Gasteiger charge is -2.37. The van der Waals surface area contributed by atoms with Crippen molar-refractivity contribution in [3.63, 3.8) is 0 Å². The zero-order valence-corrected chi connectivity index (χ0v) is 9.93. The molecular weight excluding hydrogens is 218 g/mol. The first-order chi connectivity index (χ1) is 8.21. The molecule has 17 heavy (non-hydrogen) atoms. The average Bonchev–Trinajstić information content (AvgIpc) is 2.69. The molecule has 2 unspecified atom stereocenters. The summed E-state index contributed by atoms with van der Waals surface area (Å²) in [5.41, 5.74) is -0.0494. The third kappa shape index (κ3) is 1.81. The van der Waals surface area contributed by atoms with E-state index in [2.05, 4.69) is 4.98 Å². The molecule has 0 aliphatic carbocycles. The summed E-state index contributed by atoms with van der Waals surface area (Å²) in [4.78, 5) is 4.10. The van der Waals surface area contributed by atoms with Crippen LogP contribution in [0.25, 0.3) is 0 Å². The zero-order chi connectivity index (χ0) is 11.9. The van der Waals surface area contributed by atoms with Gasteiger partial charge in [0.2, 0.25) is 0 Å². The van der Waals surface area contributed by atoms with Crippen LogP contribution in [0.2, 0.25) is 0 Å². The van der Waals surface area contributed by atoms with E-state index in [9.17, 15) is 5.11 Å². The Labute approximate surface area is 101 Å². The van der Waals surface area contributed by atoms with Crippen LogP contribution in [0.3, 0.4) is 0 Å². The predicted molar refractivity (Wildman–Crippen MR) is 61.8 cm³/mol. The van der Waals surface area contributed by atoms with Crippen molar-refractivity contribution in [1.82, 2.24) is 4.98 Å². The molecule has 2 saturated heterocycles. The second kappa shape index (κ2) is 3.96. The Kier molecular flexibility index (Phi) is 2.56. The van der Waals surface area contributed by atoms with Gasteiger partial charge in [0.25, 0.3) is 0 Å². The molecule has 4 heteroatoms. The van der Waals surface area contributed by atoms with Gasteiger partial charge in [-0.1, -0.05) is 0 Å². The normalized spacial score (nSPS) is 35.9. The van der Waals surface area contributed by atoms with Gasteiger partial charge in [0.05, 0.1) is 24.9 Å². The molecule has 0 radical (unpaired) electrons. The summed E-state index contributed by atoms with van der Waals surface area (Å²) in [6.45, 7) is 0. The van der Waals surface area contributed by atoms with Crippen molar-refractivity contribution in [3.05, 3.63) is 24.0 Å². The summed E-state index contributed by atoms with van der Waals surface area (Å²) in [7, 11) is 1.62. The SMILES string of the molecule is COc1ccncc1C1(O)CC2CCC(C1)O2. The third-order valence-corrected chi connectivity index (χ3v) is 3.83. The van der Waals surface area contributed by atoms with Crippen molar-refractivity contribution < 1.29 is 14.6 Å². The van der Waals surface area contributed by atoms with E-state index in [4.69, 9.17) is 9.47 Å². The fraction of sp³-hybridized carbons (Fsp3) is 0.615. The molecule has 0 amide bonds. The Morgan fingerprint density at radius 2 is 2.12 bits per heavy atom. The summed E-state index contributed by atoms with van der Waals surface area (Å²) in [6.07, 6.45) is 7.15. The maximum absolute atomic E-state index is 10.8. The number of ether oxygens (including phenoxy) is 2. The minimum absolute atomic E-state index is 0.184. The summed E-state index contributed by atoms with van der Waals surface area (Å²) in [6, 6.07) is 1.80. The van der Waals surface area contributed by atoms with Crippen molar-refractivity contribution in [2.45, 2.75) is 43.5 Å².